The molecule has 0 aliphatic carbocycles. The van der Waals surface area contributed by atoms with E-state index in [4.69, 9.17) is 10.5 Å². The third-order valence-electron chi connectivity index (χ3n) is 1.64. The smallest absolute Gasteiger partial charge is 0.269 e. The molecular formula is C8H10N2O3. The number of nitrogen functional groups attached to an aromatic ring is 1. The number of benzene rings is 1. The van der Waals surface area contributed by atoms with Gasteiger partial charge >= 0.3 is 0 Å². The summed E-state index contributed by atoms with van der Waals surface area (Å²) in [4.78, 5) is 9.93. The Balaban J connectivity index is 3.03. The van der Waals surface area contributed by atoms with E-state index in [1.807, 2.05) is 0 Å². The maximum Gasteiger partial charge on any atom is 0.269 e. The Bertz CT molecular complexity index is 325. The molecule has 0 aliphatic heterocycles. The third-order valence-corrected chi connectivity index (χ3v) is 1.64. The first kappa shape index (κ1) is 9.47. The molecule has 0 amide bonds. The van der Waals surface area contributed by atoms with Crippen LogP contribution in [0.15, 0.2) is 18.2 Å². The summed E-state index contributed by atoms with van der Waals surface area (Å²) in [5.74, 6) is 0. The predicted molar refractivity (Wildman–Crippen MR) is 48.2 cm³/mol. The average molecular weight is 182 g/mol. The molecule has 0 spiro atoms. The predicted octanol–water partition coefficient (Wildman–Crippen LogP) is 1.32. The van der Waals surface area contributed by atoms with Crippen molar-refractivity contribution in [2.75, 3.05) is 12.8 Å². The number of ether oxygens (including phenoxy) is 1. The fourth-order valence-corrected chi connectivity index (χ4v) is 0.986. The summed E-state index contributed by atoms with van der Waals surface area (Å²) in [6, 6.07) is 4.29. The van der Waals surface area contributed by atoms with E-state index >= 15 is 0 Å². The Hall–Kier alpha value is -1.62. The van der Waals surface area contributed by atoms with Crippen molar-refractivity contribution in [3.8, 4) is 0 Å². The Labute approximate surface area is 75.3 Å². The van der Waals surface area contributed by atoms with E-state index in [-0.39, 0.29) is 12.3 Å². The Morgan fingerprint density at radius 1 is 1.62 bits per heavy atom. The molecule has 1 aromatic carbocycles. The number of hydrogen-bond acceptors (Lipinski definition) is 4. The van der Waals surface area contributed by atoms with Crippen molar-refractivity contribution in [2.24, 2.45) is 0 Å². The zero-order chi connectivity index (χ0) is 9.84. The summed E-state index contributed by atoms with van der Waals surface area (Å²) in [6.45, 7) is 0.285. The Morgan fingerprint density at radius 2 is 2.31 bits per heavy atom. The van der Waals surface area contributed by atoms with E-state index in [0.717, 1.165) is 0 Å². The van der Waals surface area contributed by atoms with Crippen LogP contribution in [0.3, 0.4) is 0 Å². The van der Waals surface area contributed by atoms with Gasteiger partial charge in [-0.25, -0.2) is 0 Å². The number of anilines is 1. The molecule has 0 saturated carbocycles. The summed E-state index contributed by atoms with van der Waals surface area (Å²) in [6.07, 6.45) is 0. The van der Waals surface area contributed by atoms with Gasteiger partial charge in [0, 0.05) is 30.5 Å². The second kappa shape index (κ2) is 3.86. The summed E-state index contributed by atoms with van der Waals surface area (Å²) in [5.41, 5.74) is 6.74. The highest BCUT2D eigenvalue weighted by molar-refractivity contribution is 5.52. The lowest BCUT2D eigenvalue weighted by molar-refractivity contribution is -0.384. The van der Waals surface area contributed by atoms with Crippen LogP contribution in [-0.2, 0) is 11.3 Å². The minimum Gasteiger partial charge on any atom is -0.398 e. The highest BCUT2D eigenvalue weighted by Crippen LogP contribution is 2.19. The number of nitro benzene ring substituents is 1. The van der Waals surface area contributed by atoms with Gasteiger partial charge in [-0.1, -0.05) is 0 Å². The minimum atomic E-state index is -0.460. The van der Waals surface area contributed by atoms with Crippen LogP contribution in [-0.4, -0.2) is 12.0 Å². The number of hydrogen-bond donors (Lipinski definition) is 1. The molecule has 0 aromatic heterocycles. The summed E-state index contributed by atoms with van der Waals surface area (Å²) in [7, 11) is 1.51. The molecule has 5 heteroatoms. The number of nitrogens with two attached hydrogens (primary N) is 1. The fourth-order valence-electron chi connectivity index (χ4n) is 0.986. The van der Waals surface area contributed by atoms with Gasteiger partial charge in [-0.3, -0.25) is 10.1 Å². The molecule has 0 unspecified atom stereocenters. The van der Waals surface area contributed by atoms with Crippen molar-refractivity contribution < 1.29 is 9.66 Å². The van der Waals surface area contributed by atoms with Crippen LogP contribution in [0.1, 0.15) is 5.56 Å². The average Bonchev–Trinajstić information content (AvgIpc) is 2.08. The number of methoxy groups -OCH3 is 1. The topological polar surface area (TPSA) is 78.4 Å². The van der Waals surface area contributed by atoms with Crippen molar-refractivity contribution >= 4 is 11.4 Å². The lowest BCUT2D eigenvalue weighted by atomic mass is 10.2. The number of nitro groups is 1. The van der Waals surface area contributed by atoms with E-state index in [0.29, 0.717) is 11.3 Å². The van der Waals surface area contributed by atoms with Crippen LogP contribution in [0.5, 0.6) is 0 Å². The third kappa shape index (κ3) is 2.16. The van der Waals surface area contributed by atoms with Crippen molar-refractivity contribution in [1.82, 2.24) is 0 Å². The quantitative estimate of drug-likeness (QED) is 0.434. The molecule has 2 N–H and O–H groups in total. The van der Waals surface area contributed by atoms with Gasteiger partial charge in [0.05, 0.1) is 11.5 Å². The molecule has 1 rings (SSSR count). The molecule has 0 fully saturated rings. The van der Waals surface area contributed by atoms with Gasteiger partial charge in [-0.2, -0.15) is 0 Å². The summed E-state index contributed by atoms with van der Waals surface area (Å²) in [5, 5.41) is 10.4. The van der Waals surface area contributed by atoms with Crippen LogP contribution in [0.25, 0.3) is 0 Å². The Morgan fingerprint density at radius 3 is 2.85 bits per heavy atom. The first-order chi connectivity index (χ1) is 6.15. The fraction of sp³-hybridized carbons (Fsp3) is 0.250. The van der Waals surface area contributed by atoms with Crippen LogP contribution in [0.4, 0.5) is 11.4 Å². The molecule has 0 heterocycles. The molecule has 1 aromatic rings. The summed E-state index contributed by atoms with van der Waals surface area (Å²) >= 11 is 0. The second-order valence-corrected chi connectivity index (χ2v) is 2.57. The molecule has 70 valence electrons. The van der Waals surface area contributed by atoms with E-state index < -0.39 is 4.92 Å². The van der Waals surface area contributed by atoms with Crippen molar-refractivity contribution in [3.63, 3.8) is 0 Å². The van der Waals surface area contributed by atoms with Gasteiger partial charge in [0.25, 0.3) is 5.69 Å². The lowest BCUT2D eigenvalue weighted by Crippen LogP contribution is -1.97. The van der Waals surface area contributed by atoms with Crippen molar-refractivity contribution in [3.05, 3.63) is 33.9 Å². The molecule has 5 nitrogen and oxygen atoms in total. The number of nitrogens with zero attached hydrogens (tertiary/aromatic N) is 1. The van der Waals surface area contributed by atoms with E-state index in [9.17, 15) is 10.1 Å². The largest absolute Gasteiger partial charge is 0.398 e. The van der Waals surface area contributed by atoms with Gasteiger partial charge in [0.1, 0.15) is 0 Å². The van der Waals surface area contributed by atoms with E-state index in [1.165, 1.54) is 25.3 Å². The van der Waals surface area contributed by atoms with E-state index in [2.05, 4.69) is 0 Å². The van der Waals surface area contributed by atoms with Gasteiger partial charge in [-0.05, 0) is 6.07 Å². The normalized spacial score (nSPS) is 9.92. The molecule has 13 heavy (non-hydrogen) atoms. The van der Waals surface area contributed by atoms with Gasteiger partial charge in [0.2, 0.25) is 0 Å². The van der Waals surface area contributed by atoms with Gasteiger partial charge in [-0.15, -0.1) is 0 Å². The maximum atomic E-state index is 10.4. The first-order valence-corrected chi connectivity index (χ1v) is 3.67. The minimum absolute atomic E-state index is 0.0289. The maximum absolute atomic E-state index is 10.4. The van der Waals surface area contributed by atoms with Gasteiger partial charge < -0.3 is 10.5 Å². The monoisotopic (exact) mass is 182 g/mol. The Kier molecular flexibility index (Phi) is 2.81. The van der Waals surface area contributed by atoms with Crippen LogP contribution < -0.4 is 5.73 Å². The second-order valence-electron chi connectivity index (χ2n) is 2.57. The van der Waals surface area contributed by atoms with Crippen LogP contribution >= 0.6 is 0 Å². The lowest BCUT2D eigenvalue weighted by Gasteiger charge is -2.03. The van der Waals surface area contributed by atoms with Crippen molar-refractivity contribution in [2.45, 2.75) is 6.61 Å². The highest BCUT2D eigenvalue weighted by atomic mass is 16.6. The molecule has 0 atom stereocenters. The summed E-state index contributed by atoms with van der Waals surface area (Å²) < 4.78 is 4.84. The van der Waals surface area contributed by atoms with Crippen molar-refractivity contribution in [1.29, 1.82) is 0 Å². The van der Waals surface area contributed by atoms with Gasteiger partial charge in [0.15, 0.2) is 0 Å². The number of non-ortho nitro benzene ring substituents is 1. The first-order valence-electron chi connectivity index (χ1n) is 3.67. The van der Waals surface area contributed by atoms with Crippen LogP contribution in [0.2, 0.25) is 0 Å². The molecule has 0 bridgehead atoms. The molecule has 0 radical (unpaired) electrons. The molecular weight excluding hydrogens is 172 g/mol. The van der Waals surface area contributed by atoms with E-state index in [1.54, 1.807) is 0 Å². The van der Waals surface area contributed by atoms with Crippen LogP contribution in [0, 0.1) is 10.1 Å². The standard InChI is InChI=1S/C8H10N2O3/c1-13-5-6-4-7(10(11)12)2-3-8(6)9/h2-4H,5,9H2,1H3. The zero-order valence-corrected chi connectivity index (χ0v) is 7.19. The SMILES string of the molecule is COCc1cc([N+](=O)[O-])ccc1N. The number of rotatable bonds is 3. The molecule has 0 saturated heterocycles. The highest BCUT2D eigenvalue weighted by Gasteiger charge is 2.08. The zero-order valence-electron chi connectivity index (χ0n) is 7.19. The molecule has 0 aliphatic rings.